The Morgan fingerprint density at radius 2 is 1.85 bits per heavy atom. The molecule has 0 aromatic carbocycles. The number of imide groups is 1. The zero-order chi connectivity index (χ0) is 15.8. The molecule has 116 valence electrons. The van der Waals surface area contributed by atoms with Crippen LogP contribution in [0.1, 0.15) is 33.6 Å². The fourth-order valence-electron chi connectivity index (χ4n) is 1.73. The predicted octanol–water partition coefficient (Wildman–Crippen LogP) is 1.70. The lowest BCUT2D eigenvalue weighted by Gasteiger charge is -2.21. The van der Waals surface area contributed by atoms with Crippen molar-refractivity contribution in [1.29, 1.82) is 0 Å². The van der Waals surface area contributed by atoms with Gasteiger partial charge in [-0.1, -0.05) is 20.8 Å². The van der Waals surface area contributed by atoms with Gasteiger partial charge in [0.05, 0.1) is 6.42 Å². The molecule has 0 spiro atoms. The third-order valence-corrected chi connectivity index (χ3v) is 3.49. The quantitative estimate of drug-likeness (QED) is 0.634. The van der Waals surface area contributed by atoms with E-state index in [0.717, 1.165) is 5.75 Å². The molecule has 0 aromatic heterocycles. The van der Waals surface area contributed by atoms with Crippen molar-refractivity contribution < 1.29 is 19.5 Å². The van der Waals surface area contributed by atoms with Crippen molar-refractivity contribution in [2.75, 3.05) is 18.6 Å². The lowest BCUT2D eigenvalue weighted by atomic mass is 9.85. The van der Waals surface area contributed by atoms with Gasteiger partial charge in [0.1, 0.15) is 0 Å². The van der Waals surface area contributed by atoms with Crippen LogP contribution in [0.3, 0.4) is 0 Å². The SMILES string of the molecule is CSCC(C)CNC(=O)NC(=O)CC(C)(C)CC(=O)O. The van der Waals surface area contributed by atoms with E-state index in [9.17, 15) is 14.4 Å². The fourth-order valence-corrected chi connectivity index (χ4v) is 2.42. The van der Waals surface area contributed by atoms with Gasteiger partial charge in [-0.25, -0.2) is 4.79 Å². The van der Waals surface area contributed by atoms with Crippen LogP contribution in [-0.2, 0) is 9.59 Å². The molecule has 3 amide bonds. The van der Waals surface area contributed by atoms with E-state index < -0.39 is 23.3 Å². The summed E-state index contributed by atoms with van der Waals surface area (Å²) in [5.74, 6) is -0.168. The number of rotatable bonds is 8. The molecule has 1 unspecified atom stereocenters. The maximum absolute atomic E-state index is 11.7. The summed E-state index contributed by atoms with van der Waals surface area (Å²) >= 11 is 1.69. The molecule has 0 heterocycles. The molecule has 0 bridgehead atoms. The second kappa shape index (κ2) is 8.84. The topological polar surface area (TPSA) is 95.5 Å². The van der Waals surface area contributed by atoms with Crippen LogP contribution in [0.5, 0.6) is 0 Å². The van der Waals surface area contributed by atoms with E-state index in [1.165, 1.54) is 0 Å². The summed E-state index contributed by atoms with van der Waals surface area (Å²) in [6.45, 7) is 5.87. The van der Waals surface area contributed by atoms with Crippen molar-refractivity contribution in [1.82, 2.24) is 10.6 Å². The summed E-state index contributed by atoms with van der Waals surface area (Å²) in [6, 6.07) is -0.533. The number of carbonyl (C=O) groups is 3. The molecule has 20 heavy (non-hydrogen) atoms. The summed E-state index contributed by atoms with van der Waals surface area (Å²) in [6.07, 6.45) is 1.87. The molecule has 0 aliphatic carbocycles. The van der Waals surface area contributed by atoms with Crippen molar-refractivity contribution in [3.05, 3.63) is 0 Å². The third-order valence-electron chi connectivity index (χ3n) is 2.58. The first-order valence-corrected chi connectivity index (χ1v) is 7.84. The zero-order valence-corrected chi connectivity index (χ0v) is 13.3. The van der Waals surface area contributed by atoms with Crippen LogP contribution in [0.4, 0.5) is 4.79 Å². The molecule has 0 fully saturated rings. The average molecular weight is 304 g/mol. The van der Waals surface area contributed by atoms with Crippen LogP contribution >= 0.6 is 11.8 Å². The van der Waals surface area contributed by atoms with Gasteiger partial charge in [-0.2, -0.15) is 11.8 Å². The molecule has 0 saturated heterocycles. The molecule has 7 heteroatoms. The smallest absolute Gasteiger partial charge is 0.321 e. The van der Waals surface area contributed by atoms with E-state index in [1.807, 2.05) is 13.2 Å². The van der Waals surface area contributed by atoms with E-state index in [2.05, 4.69) is 10.6 Å². The van der Waals surface area contributed by atoms with Crippen molar-refractivity contribution in [3.63, 3.8) is 0 Å². The molecule has 6 nitrogen and oxygen atoms in total. The Morgan fingerprint density at radius 3 is 2.35 bits per heavy atom. The molecule has 0 aliphatic heterocycles. The van der Waals surface area contributed by atoms with Gasteiger partial charge in [-0.05, 0) is 23.3 Å². The number of thioether (sulfide) groups is 1. The Morgan fingerprint density at radius 1 is 1.25 bits per heavy atom. The summed E-state index contributed by atoms with van der Waals surface area (Å²) in [5.41, 5.74) is -0.678. The van der Waals surface area contributed by atoms with Crippen molar-refractivity contribution in [3.8, 4) is 0 Å². The second-order valence-corrected chi connectivity index (χ2v) is 6.64. The Balaban J connectivity index is 4.07. The van der Waals surface area contributed by atoms with Crippen molar-refractivity contribution in [2.24, 2.45) is 11.3 Å². The highest BCUT2D eigenvalue weighted by Crippen LogP contribution is 2.24. The normalized spacial score (nSPS) is 12.6. The molecule has 0 rings (SSSR count). The van der Waals surface area contributed by atoms with Crippen LogP contribution in [0, 0.1) is 11.3 Å². The molecule has 0 aromatic rings. The number of aliphatic carboxylic acids is 1. The van der Waals surface area contributed by atoms with Crippen LogP contribution in [-0.4, -0.2) is 41.6 Å². The first kappa shape index (κ1) is 18.8. The summed E-state index contributed by atoms with van der Waals surface area (Å²) in [4.78, 5) is 33.8. The van der Waals surface area contributed by atoms with Gasteiger partial charge >= 0.3 is 12.0 Å². The van der Waals surface area contributed by atoms with Crippen molar-refractivity contribution >= 4 is 29.7 Å². The first-order chi connectivity index (χ1) is 9.16. The number of carboxylic acids is 1. The Bertz CT molecular complexity index is 358. The van der Waals surface area contributed by atoms with Gasteiger partial charge in [0.2, 0.25) is 5.91 Å². The Labute approximate surface area is 124 Å². The highest BCUT2D eigenvalue weighted by atomic mass is 32.2. The lowest BCUT2D eigenvalue weighted by Crippen LogP contribution is -2.42. The molecule has 0 saturated carbocycles. The van der Waals surface area contributed by atoms with E-state index in [-0.39, 0.29) is 12.8 Å². The second-order valence-electron chi connectivity index (χ2n) is 5.73. The highest BCUT2D eigenvalue weighted by Gasteiger charge is 2.25. The van der Waals surface area contributed by atoms with Gasteiger partial charge in [0, 0.05) is 13.0 Å². The summed E-state index contributed by atoms with van der Waals surface area (Å²) in [5, 5.41) is 13.6. The first-order valence-electron chi connectivity index (χ1n) is 6.44. The minimum Gasteiger partial charge on any atom is -0.481 e. The molecular weight excluding hydrogens is 280 g/mol. The van der Waals surface area contributed by atoms with Crippen LogP contribution < -0.4 is 10.6 Å². The number of hydrogen-bond donors (Lipinski definition) is 3. The van der Waals surface area contributed by atoms with Gasteiger partial charge in [-0.3, -0.25) is 14.9 Å². The lowest BCUT2D eigenvalue weighted by molar-refractivity contribution is -0.139. The summed E-state index contributed by atoms with van der Waals surface area (Å²) in [7, 11) is 0. The van der Waals surface area contributed by atoms with Crippen LogP contribution in [0.2, 0.25) is 0 Å². The fraction of sp³-hybridized carbons (Fsp3) is 0.769. The monoisotopic (exact) mass is 304 g/mol. The minimum absolute atomic E-state index is 0.00686. The van der Waals surface area contributed by atoms with Gasteiger partial charge < -0.3 is 10.4 Å². The number of urea groups is 1. The van der Waals surface area contributed by atoms with Gasteiger partial charge in [-0.15, -0.1) is 0 Å². The van der Waals surface area contributed by atoms with E-state index >= 15 is 0 Å². The van der Waals surface area contributed by atoms with E-state index in [4.69, 9.17) is 5.11 Å². The molecule has 3 N–H and O–H groups in total. The van der Waals surface area contributed by atoms with E-state index in [1.54, 1.807) is 25.6 Å². The number of amides is 3. The largest absolute Gasteiger partial charge is 0.481 e. The zero-order valence-electron chi connectivity index (χ0n) is 12.5. The number of hydrogen-bond acceptors (Lipinski definition) is 4. The average Bonchev–Trinajstić information content (AvgIpc) is 2.23. The Hall–Kier alpha value is -1.24. The minimum atomic E-state index is -0.960. The molecule has 0 aliphatic rings. The molecule has 1 atom stereocenters. The van der Waals surface area contributed by atoms with Crippen LogP contribution in [0.15, 0.2) is 0 Å². The Kier molecular flexibility index (Phi) is 8.29. The standard InChI is InChI=1S/C13H24N2O4S/c1-9(8-20-4)7-14-12(19)15-10(16)5-13(2,3)6-11(17)18/h9H,5-8H2,1-4H3,(H,17,18)(H2,14,15,16,19). The molecular formula is C13H24N2O4S. The number of carboxylic acid groups (broad SMARTS) is 1. The summed E-state index contributed by atoms with van der Waals surface area (Å²) < 4.78 is 0. The maximum Gasteiger partial charge on any atom is 0.321 e. The highest BCUT2D eigenvalue weighted by molar-refractivity contribution is 7.98. The van der Waals surface area contributed by atoms with E-state index in [0.29, 0.717) is 12.5 Å². The molecule has 0 radical (unpaired) electrons. The number of carbonyl (C=O) groups excluding carboxylic acids is 2. The van der Waals surface area contributed by atoms with Gasteiger partial charge in [0.15, 0.2) is 0 Å². The maximum atomic E-state index is 11.7. The number of nitrogens with one attached hydrogen (secondary N) is 2. The predicted molar refractivity (Wildman–Crippen MR) is 79.7 cm³/mol. The van der Waals surface area contributed by atoms with Crippen LogP contribution in [0.25, 0.3) is 0 Å². The third kappa shape index (κ3) is 9.66. The van der Waals surface area contributed by atoms with Crippen molar-refractivity contribution in [2.45, 2.75) is 33.6 Å². The van der Waals surface area contributed by atoms with Gasteiger partial charge in [0.25, 0.3) is 0 Å².